The van der Waals surface area contributed by atoms with Crippen LogP contribution in [0.15, 0.2) is 48.5 Å². The Morgan fingerprint density at radius 1 is 1.00 bits per heavy atom. The lowest BCUT2D eigenvalue weighted by Gasteiger charge is -2.20. The summed E-state index contributed by atoms with van der Waals surface area (Å²) in [6.07, 6.45) is 2.74. The number of benzene rings is 2. The van der Waals surface area contributed by atoms with Crippen molar-refractivity contribution < 1.29 is 9.84 Å². The molecule has 0 unspecified atom stereocenters. The fourth-order valence-corrected chi connectivity index (χ4v) is 3.72. The van der Waals surface area contributed by atoms with Gasteiger partial charge in [0, 0.05) is 50.7 Å². The maximum absolute atomic E-state index is 10.2. The molecule has 28 heavy (non-hydrogen) atoms. The van der Waals surface area contributed by atoms with Crippen molar-refractivity contribution in [1.29, 1.82) is 0 Å². The minimum atomic E-state index is 0.284. The van der Waals surface area contributed by atoms with Crippen LogP contribution in [0.1, 0.15) is 22.8 Å². The summed E-state index contributed by atoms with van der Waals surface area (Å²) in [6.45, 7) is 3.41. The number of phenolic OH excluding ortho intramolecular Hbond substituents is 1. The number of hydrogen-bond acceptors (Lipinski definition) is 5. The first-order valence-electron chi connectivity index (χ1n) is 9.76. The van der Waals surface area contributed by atoms with E-state index in [9.17, 15) is 5.11 Å². The zero-order valence-corrected chi connectivity index (χ0v) is 16.2. The highest BCUT2D eigenvalue weighted by Crippen LogP contribution is 2.25. The van der Waals surface area contributed by atoms with Gasteiger partial charge in [0.15, 0.2) is 0 Å². The predicted octanol–water partition coefficient (Wildman–Crippen LogP) is 2.84. The Bertz CT molecular complexity index is 924. The molecule has 6 nitrogen and oxygen atoms in total. The van der Waals surface area contributed by atoms with Crippen LogP contribution in [0, 0.1) is 0 Å². The highest BCUT2D eigenvalue weighted by atomic mass is 16.5. The smallest absolute Gasteiger partial charge is 0.134 e. The Balaban J connectivity index is 1.39. The molecule has 0 bridgehead atoms. The quantitative estimate of drug-likeness (QED) is 0.715. The summed E-state index contributed by atoms with van der Waals surface area (Å²) in [4.78, 5) is 2.36. The summed E-state index contributed by atoms with van der Waals surface area (Å²) < 4.78 is 7.44. The second-order valence-electron chi connectivity index (χ2n) is 7.19. The molecule has 1 aromatic heterocycles. The standard InChI is InChI=1S/C22H26N4O2/c1-28-19-9-8-18(20(27)15-19)16-25-12-11-22-24-23-21(26(22)14-13-25)10-7-17-5-3-2-4-6-17/h2-6,8-9,15,27H,7,10-14,16H2,1H3. The van der Waals surface area contributed by atoms with Gasteiger partial charge in [-0.15, -0.1) is 10.2 Å². The number of aromatic hydroxyl groups is 1. The van der Waals surface area contributed by atoms with Gasteiger partial charge in [-0.05, 0) is 18.1 Å². The number of nitrogens with zero attached hydrogens (tertiary/aromatic N) is 4. The first-order valence-corrected chi connectivity index (χ1v) is 9.76. The Hall–Kier alpha value is -2.86. The van der Waals surface area contributed by atoms with E-state index in [1.54, 1.807) is 13.2 Å². The molecule has 0 aliphatic carbocycles. The molecule has 1 aliphatic heterocycles. The number of phenols is 1. The van der Waals surface area contributed by atoms with Crippen LogP contribution in [0.5, 0.6) is 11.5 Å². The lowest BCUT2D eigenvalue weighted by molar-refractivity contribution is 0.266. The van der Waals surface area contributed by atoms with E-state index in [-0.39, 0.29) is 5.75 Å². The number of aromatic nitrogens is 3. The third-order valence-electron chi connectivity index (χ3n) is 5.36. The van der Waals surface area contributed by atoms with Crippen molar-refractivity contribution in [3.8, 4) is 11.5 Å². The number of aryl methyl sites for hydroxylation is 2. The SMILES string of the molecule is COc1ccc(CN2CCc3nnc(CCc4ccccc4)n3CC2)c(O)c1. The fourth-order valence-electron chi connectivity index (χ4n) is 3.72. The van der Waals surface area contributed by atoms with Gasteiger partial charge in [-0.1, -0.05) is 36.4 Å². The topological polar surface area (TPSA) is 63.4 Å². The molecular formula is C22H26N4O2. The highest BCUT2D eigenvalue weighted by Gasteiger charge is 2.19. The summed E-state index contributed by atoms with van der Waals surface area (Å²) in [6, 6.07) is 16.0. The molecule has 0 atom stereocenters. The molecule has 0 amide bonds. The molecule has 6 heteroatoms. The van der Waals surface area contributed by atoms with Crippen LogP contribution in [0.4, 0.5) is 0 Å². The van der Waals surface area contributed by atoms with E-state index in [4.69, 9.17) is 4.74 Å². The van der Waals surface area contributed by atoms with Crippen LogP contribution in [0.2, 0.25) is 0 Å². The molecule has 0 saturated carbocycles. The van der Waals surface area contributed by atoms with Crippen LogP contribution in [-0.2, 0) is 32.4 Å². The average Bonchev–Trinajstić information content (AvgIpc) is 3.01. The van der Waals surface area contributed by atoms with Gasteiger partial charge in [0.2, 0.25) is 0 Å². The normalized spacial score (nSPS) is 14.5. The molecule has 3 aromatic rings. The Kier molecular flexibility index (Phi) is 5.58. The van der Waals surface area contributed by atoms with E-state index >= 15 is 0 Å². The fraction of sp³-hybridized carbons (Fsp3) is 0.364. The molecule has 0 fully saturated rings. The van der Waals surface area contributed by atoms with Crippen LogP contribution in [0.3, 0.4) is 0 Å². The van der Waals surface area contributed by atoms with E-state index in [0.29, 0.717) is 12.3 Å². The van der Waals surface area contributed by atoms with Crippen molar-refractivity contribution in [2.45, 2.75) is 32.4 Å². The number of hydrogen-bond donors (Lipinski definition) is 1. The molecule has 1 N–H and O–H groups in total. The van der Waals surface area contributed by atoms with E-state index < -0.39 is 0 Å². The Morgan fingerprint density at radius 2 is 1.86 bits per heavy atom. The summed E-state index contributed by atoms with van der Waals surface area (Å²) in [5.41, 5.74) is 2.24. The maximum atomic E-state index is 10.2. The van der Waals surface area contributed by atoms with Gasteiger partial charge in [0.05, 0.1) is 7.11 Å². The number of rotatable bonds is 6. The summed E-state index contributed by atoms with van der Waals surface area (Å²) in [5, 5.41) is 19.1. The van der Waals surface area contributed by atoms with E-state index in [1.807, 2.05) is 18.2 Å². The van der Waals surface area contributed by atoms with Gasteiger partial charge in [-0.25, -0.2) is 0 Å². The third-order valence-corrected chi connectivity index (χ3v) is 5.36. The first-order chi connectivity index (χ1) is 13.7. The van der Waals surface area contributed by atoms with E-state index in [2.05, 4.69) is 43.9 Å². The summed E-state index contributed by atoms with van der Waals surface area (Å²) in [5.74, 6) is 3.08. The minimum Gasteiger partial charge on any atom is -0.507 e. The molecule has 0 radical (unpaired) electrons. The number of ether oxygens (including phenoxy) is 1. The van der Waals surface area contributed by atoms with Crippen molar-refractivity contribution in [3.05, 3.63) is 71.3 Å². The molecule has 2 heterocycles. The second kappa shape index (κ2) is 8.44. The van der Waals surface area contributed by atoms with Gasteiger partial charge >= 0.3 is 0 Å². The second-order valence-corrected chi connectivity index (χ2v) is 7.19. The lowest BCUT2D eigenvalue weighted by Crippen LogP contribution is -2.26. The molecule has 4 rings (SSSR count). The van der Waals surface area contributed by atoms with Gasteiger partial charge < -0.3 is 14.4 Å². The molecule has 1 aliphatic rings. The number of fused-ring (bicyclic) bond motifs is 1. The maximum Gasteiger partial charge on any atom is 0.134 e. The van der Waals surface area contributed by atoms with E-state index in [1.165, 1.54) is 5.56 Å². The van der Waals surface area contributed by atoms with E-state index in [0.717, 1.165) is 56.1 Å². The van der Waals surface area contributed by atoms with Crippen molar-refractivity contribution >= 4 is 0 Å². The van der Waals surface area contributed by atoms with Gasteiger partial charge in [-0.2, -0.15) is 0 Å². The van der Waals surface area contributed by atoms with Crippen molar-refractivity contribution in [1.82, 2.24) is 19.7 Å². The van der Waals surface area contributed by atoms with Crippen molar-refractivity contribution in [3.63, 3.8) is 0 Å². The molecule has 2 aromatic carbocycles. The Labute approximate surface area is 165 Å². The number of methoxy groups -OCH3 is 1. The zero-order valence-electron chi connectivity index (χ0n) is 16.2. The van der Waals surface area contributed by atoms with Crippen molar-refractivity contribution in [2.24, 2.45) is 0 Å². The third kappa shape index (κ3) is 4.17. The van der Waals surface area contributed by atoms with Crippen LogP contribution in [0.25, 0.3) is 0 Å². The molecule has 146 valence electrons. The Morgan fingerprint density at radius 3 is 2.64 bits per heavy atom. The highest BCUT2D eigenvalue weighted by molar-refractivity contribution is 5.39. The van der Waals surface area contributed by atoms with Crippen LogP contribution < -0.4 is 4.74 Å². The largest absolute Gasteiger partial charge is 0.507 e. The molecular weight excluding hydrogens is 352 g/mol. The van der Waals surface area contributed by atoms with Gasteiger partial charge in [-0.3, -0.25) is 4.90 Å². The minimum absolute atomic E-state index is 0.284. The van der Waals surface area contributed by atoms with Crippen molar-refractivity contribution in [2.75, 3.05) is 20.2 Å². The zero-order chi connectivity index (χ0) is 19.3. The van der Waals surface area contributed by atoms with Gasteiger partial charge in [0.25, 0.3) is 0 Å². The molecule has 0 saturated heterocycles. The average molecular weight is 378 g/mol. The van der Waals surface area contributed by atoms with Gasteiger partial charge in [0.1, 0.15) is 23.1 Å². The molecule has 0 spiro atoms. The van der Waals surface area contributed by atoms with Crippen LogP contribution >= 0.6 is 0 Å². The lowest BCUT2D eigenvalue weighted by atomic mass is 10.1. The predicted molar refractivity (Wildman–Crippen MR) is 108 cm³/mol. The summed E-state index contributed by atoms with van der Waals surface area (Å²) >= 11 is 0. The summed E-state index contributed by atoms with van der Waals surface area (Å²) in [7, 11) is 1.61. The first kappa shape index (κ1) is 18.5. The monoisotopic (exact) mass is 378 g/mol. The van der Waals surface area contributed by atoms with Crippen LogP contribution in [-0.4, -0.2) is 45.0 Å².